The van der Waals surface area contributed by atoms with Crippen LogP contribution < -0.4 is 0 Å². The van der Waals surface area contributed by atoms with Crippen LogP contribution >= 0.6 is 0 Å². The number of hydrogen-bond donors (Lipinski definition) is 1. The Bertz CT molecular complexity index is 565. The molecule has 0 radical (unpaired) electrons. The second-order valence-electron chi connectivity index (χ2n) is 4.63. The predicted molar refractivity (Wildman–Crippen MR) is 71.8 cm³/mol. The van der Waals surface area contributed by atoms with Gasteiger partial charge in [-0.25, -0.2) is 4.98 Å². The average molecular weight is 256 g/mol. The zero-order valence-corrected chi connectivity index (χ0v) is 10.8. The van der Waals surface area contributed by atoms with Crippen LogP contribution in [0.4, 0.5) is 0 Å². The number of rotatable bonds is 3. The number of aromatic amines is 1. The summed E-state index contributed by atoms with van der Waals surface area (Å²) in [4.78, 5) is 7.13. The SMILES string of the molecule is CC(C1=COC=C(C2=CC=CCC2)O1)c1cnc[nH]1. The maximum absolute atomic E-state index is 5.96. The van der Waals surface area contributed by atoms with E-state index >= 15 is 0 Å². The molecule has 0 spiro atoms. The highest BCUT2D eigenvalue weighted by Gasteiger charge is 2.21. The zero-order chi connectivity index (χ0) is 13.1. The standard InChI is InChI=1S/C15H16N2O2/c1-11(13-7-16-10-17-13)14-8-18-9-15(19-14)12-5-3-2-4-6-12/h2-3,5,7-11H,4,6H2,1H3,(H,16,17). The summed E-state index contributed by atoms with van der Waals surface area (Å²) in [6.07, 6.45) is 15.1. The van der Waals surface area contributed by atoms with Crippen LogP contribution in [0.25, 0.3) is 0 Å². The lowest BCUT2D eigenvalue weighted by molar-refractivity contribution is 0.212. The van der Waals surface area contributed by atoms with E-state index in [-0.39, 0.29) is 5.92 Å². The van der Waals surface area contributed by atoms with Gasteiger partial charge < -0.3 is 14.5 Å². The molecule has 1 unspecified atom stereocenters. The lowest BCUT2D eigenvalue weighted by Crippen LogP contribution is -2.09. The van der Waals surface area contributed by atoms with E-state index in [1.54, 1.807) is 25.0 Å². The van der Waals surface area contributed by atoms with Crippen LogP contribution in [0.3, 0.4) is 0 Å². The van der Waals surface area contributed by atoms with Gasteiger partial charge in [0.25, 0.3) is 0 Å². The van der Waals surface area contributed by atoms with Gasteiger partial charge in [-0.05, 0) is 25.3 Å². The van der Waals surface area contributed by atoms with E-state index < -0.39 is 0 Å². The van der Waals surface area contributed by atoms with Crippen molar-refractivity contribution in [1.29, 1.82) is 0 Å². The Morgan fingerprint density at radius 1 is 1.37 bits per heavy atom. The van der Waals surface area contributed by atoms with Crippen molar-refractivity contribution in [1.82, 2.24) is 9.97 Å². The minimum Gasteiger partial charge on any atom is -0.465 e. The third kappa shape index (κ3) is 2.47. The van der Waals surface area contributed by atoms with Crippen LogP contribution in [0.5, 0.6) is 0 Å². The number of hydrogen-bond acceptors (Lipinski definition) is 3. The number of allylic oxidation sites excluding steroid dienone is 5. The third-order valence-corrected chi connectivity index (χ3v) is 3.33. The van der Waals surface area contributed by atoms with Gasteiger partial charge in [-0.3, -0.25) is 0 Å². The Morgan fingerprint density at radius 3 is 3.05 bits per heavy atom. The van der Waals surface area contributed by atoms with Crippen molar-refractivity contribution in [3.8, 4) is 0 Å². The van der Waals surface area contributed by atoms with Crippen molar-refractivity contribution < 1.29 is 9.47 Å². The zero-order valence-electron chi connectivity index (χ0n) is 10.8. The smallest absolute Gasteiger partial charge is 0.165 e. The molecular formula is C15H16N2O2. The highest BCUT2D eigenvalue weighted by Crippen LogP contribution is 2.32. The largest absolute Gasteiger partial charge is 0.465 e. The van der Waals surface area contributed by atoms with Crippen LogP contribution in [0.1, 0.15) is 31.4 Å². The number of aromatic nitrogens is 2. The van der Waals surface area contributed by atoms with Crippen molar-refractivity contribution in [2.45, 2.75) is 25.7 Å². The normalized spacial score (nSPS) is 19.7. The molecule has 0 fully saturated rings. The second kappa shape index (κ2) is 5.18. The molecule has 0 aromatic carbocycles. The van der Waals surface area contributed by atoms with Gasteiger partial charge in [-0.15, -0.1) is 0 Å². The predicted octanol–water partition coefficient (Wildman–Crippen LogP) is 3.52. The van der Waals surface area contributed by atoms with E-state index in [9.17, 15) is 0 Å². The first-order chi connectivity index (χ1) is 9.34. The fraction of sp³-hybridized carbons (Fsp3) is 0.267. The van der Waals surface area contributed by atoms with Crippen LogP contribution in [0.2, 0.25) is 0 Å². The summed E-state index contributed by atoms with van der Waals surface area (Å²) >= 11 is 0. The summed E-state index contributed by atoms with van der Waals surface area (Å²) < 4.78 is 11.4. The Hall–Kier alpha value is -2.23. The lowest BCUT2D eigenvalue weighted by atomic mass is 10.0. The molecule has 4 heteroatoms. The summed E-state index contributed by atoms with van der Waals surface area (Å²) in [5.74, 6) is 1.68. The second-order valence-corrected chi connectivity index (χ2v) is 4.63. The molecule has 19 heavy (non-hydrogen) atoms. The van der Waals surface area contributed by atoms with Gasteiger partial charge in [0.15, 0.2) is 5.76 Å². The monoisotopic (exact) mass is 256 g/mol. The van der Waals surface area contributed by atoms with E-state index in [0.717, 1.165) is 30.1 Å². The Balaban J connectivity index is 1.74. The first kappa shape index (κ1) is 11.8. The summed E-state index contributed by atoms with van der Waals surface area (Å²) in [5.41, 5.74) is 2.18. The molecule has 1 atom stereocenters. The van der Waals surface area contributed by atoms with Crippen molar-refractivity contribution in [3.63, 3.8) is 0 Å². The maximum atomic E-state index is 5.96. The first-order valence-electron chi connectivity index (χ1n) is 6.42. The van der Waals surface area contributed by atoms with Crippen molar-refractivity contribution >= 4 is 0 Å². The van der Waals surface area contributed by atoms with E-state index in [1.165, 1.54) is 5.57 Å². The Labute approximate surface area is 112 Å². The fourth-order valence-corrected chi connectivity index (χ4v) is 2.13. The minimum absolute atomic E-state index is 0.0888. The molecule has 1 N–H and O–H groups in total. The molecule has 1 aromatic rings. The molecule has 1 aliphatic carbocycles. The van der Waals surface area contributed by atoms with Gasteiger partial charge >= 0.3 is 0 Å². The highest BCUT2D eigenvalue weighted by molar-refractivity contribution is 5.34. The molecule has 2 heterocycles. The summed E-state index contributed by atoms with van der Waals surface area (Å²) in [6, 6.07) is 0. The van der Waals surface area contributed by atoms with Gasteiger partial charge in [0.1, 0.15) is 18.3 Å². The molecule has 1 aliphatic heterocycles. The third-order valence-electron chi connectivity index (χ3n) is 3.33. The fourth-order valence-electron chi connectivity index (χ4n) is 2.13. The van der Waals surface area contributed by atoms with Crippen LogP contribution in [-0.4, -0.2) is 9.97 Å². The number of nitrogens with one attached hydrogen (secondary N) is 1. The minimum atomic E-state index is 0.0888. The molecular weight excluding hydrogens is 240 g/mol. The van der Waals surface area contributed by atoms with E-state index in [0.29, 0.717) is 0 Å². The van der Waals surface area contributed by atoms with Crippen molar-refractivity contribution in [2.75, 3.05) is 0 Å². The van der Waals surface area contributed by atoms with E-state index in [1.807, 2.05) is 0 Å². The molecule has 4 nitrogen and oxygen atoms in total. The Kier molecular flexibility index (Phi) is 3.23. The maximum Gasteiger partial charge on any atom is 0.165 e. The quantitative estimate of drug-likeness (QED) is 0.900. The summed E-state index contributed by atoms with van der Waals surface area (Å²) in [7, 11) is 0. The van der Waals surface area contributed by atoms with E-state index in [2.05, 4.69) is 35.1 Å². The molecule has 0 amide bonds. The molecule has 2 aliphatic rings. The lowest BCUT2D eigenvalue weighted by Gasteiger charge is -2.22. The van der Waals surface area contributed by atoms with Gasteiger partial charge in [-0.2, -0.15) is 0 Å². The average Bonchev–Trinajstić information content (AvgIpc) is 3.02. The van der Waals surface area contributed by atoms with Gasteiger partial charge in [0, 0.05) is 11.9 Å². The van der Waals surface area contributed by atoms with Crippen LogP contribution in [-0.2, 0) is 9.47 Å². The van der Waals surface area contributed by atoms with E-state index in [4.69, 9.17) is 9.47 Å². The number of H-pyrrole nitrogens is 1. The van der Waals surface area contributed by atoms with Crippen molar-refractivity contribution in [2.24, 2.45) is 0 Å². The number of ether oxygens (including phenoxy) is 2. The molecule has 1 aromatic heterocycles. The topological polar surface area (TPSA) is 47.1 Å². The highest BCUT2D eigenvalue weighted by atomic mass is 16.5. The molecule has 0 saturated heterocycles. The first-order valence-corrected chi connectivity index (χ1v) is 6.42. The van der Waals surface area contributed by atoms with Gasteiger partial charge in [-0.1, -0.05) is 18.2 Å². The number of nitrogens with zero attached hydrogens (tertiary/aromatic N) is 1. The molecule has 0 saturated carbocycles. The molecule has 0 bridgehead atoms. The van der Waals surface area contributed by atoms with Crippen LogP contribution in [0, 0.1) is 0 Å². The molecule has 3 rings (SSSR count). The number of imidazole rings is 1. The Morgan fingerprint density at radius 2 is 2.32 bits per heavy atom. The summed E-state index contributed by atoms with van der Waals surface area (Å²) in [5, 5.41) is 0. The summed E-state index contributed by atoms with van der Waals surface area (Å²) in [6.45, 7) is 2.06. The van der Waals surface area contributed by atoms with Gasteiger partial charge in [0.2, 0.25) is 0 Å². The van der Waals surface area contributed by atoms with Crippen LogP contribution in [0.15, 0.2) is 60.4 Å². The molecule has 98 valence electrons. The van der Waals surface area contributed by atoms with Gasteiger partial charge in [0.05, 0.1) is 12.2 Å². The van der Waals surface area contributed by atoms with Crippen molar-refractivity contribution in [3.05, 3.63) is 66.1 Å².